The van der Waals surface area contributed by atoms with Gasteiger partial charge in [0.25, 0.3) is 5.91 Å². The third-order valence-corrected chi connectivity index (χ3v) is 5.61. The molecule has 1 heterocycles. The summed E-state index contributed by atoms with van der Waals surface area (Å²) in [7, 11) is -3.67. The Bertz CT molecular complexity index is 891. The molecule has 1 aromatic carbocycles. The van der Waals surface area contributed by atoms with E-state index in [4.69, 9.17) is 5.14 Å². The third kappa shape index (κ3) is 5.51. The highest BCUT2D eigenvalue weighted by atomic mass is 32.2. The minimum atomic E-state index is -3.67. The van der Waals surface area contributed by atoms with Crippen LogP contribution in [0.4, 0.5) is 5.69 Å². The molecule has 4 N–H and O–H groups in total. The molecule has 1 aliphatic carbocycles. The van der Waals surface area contributed by atoms with Crippen LogP contribution in [0.15, 0.2) is 47.6 Å². The number of carbonyl (C=O) groups is 1. The first-order valence-electron chi connectivity index (χ1n) is 9.03. The maximum atomic E-state index is 12.3. The van der Waals surface area contributed by atoms with Crippen molar-refractivity contribution in [3.05, 3.63) is 53.9 Å². The van der Waals surface area contributed by atoms with Gasteiger partial charge < -0.3 is 10.6 Å². The molecule has 0 bridgehead atoms. The molecule has 1 saturated carbocycles. The van der Waals surface area contributed by atoms with Gasteiger partial charge in [-0.3, -0.25) is 9.78 Å². The van der Waals surface area contributed by atoms with Gasteiger partial charge in [-0.2, -0.15) is 0 Å². The Hall–Kier alpha value is -2.45. The van der Waals surface area contributed by atoms with E-state index >= 15 is 0 Å². The highest BCUT2D eigenvalue weighted by Crippen LogP contribution is 2.18. The summed E-state index contributed by atoms with van der Waals surface area (Å²) < 4.78 is 22.5. The molecule has 0 radical (unpaired) electrons. The predicted molar refractivity (Wildman–Crippen MR) is 104 cm³/mol. The summed E-state index contributed by atoms with van der Waals surface area (Å²) in [6.45, 7) is 0.629. The van der Waals surface area contributed by atoms with Gasteiger partial charge in [0.1, 0.15) is 0 Å². The highest BCUT2D eigenvalue weighted by molar-refractivity contribution is 7.89. The molecule has 1 fully saturated rings. The summed E-state index contributed by atoms with van der Waals surface area (Å²) in [5.74, 6) is -0.0865. The molecule has 0 atom stereocenters. The summed E-state index contributed by atoms with van der Waals surface area (Å²) in [5.41, 5.74) is 2.30. The van der Waals surface area contributed by atoms with Crippen molar-refractivity contribution in [2.45, 2.75) is 43.0 Å². The quantitative estimate of drug-likeness (QED) is 0.672. The minimum Gasteiger partial charge on any atom is -0.383 e. The van der Waals surface area contributed by atoms with E-state index in [0.29, 0.717) is 18.5 Å². The zero-order chi connectivity index (χ0) is 19.3. The monoisotopic (exact) mass is 388 g/mol. The number of rotatable bonds is 7. The van der Waals surface area contributed by atoms with E-state index < -0.39 is 10.0 Å². The lowest BCUT2D eigenvalue weighted by atomic mass is 10.1. The Kier molecular flexibility index (Phi) is 6.08. The Balaban J connectivity index is 1.53. The highest BCUT2D eigenvalue weighted by Gasteiger charge is 2.18. The molecule has 2 aromatic rings. The Morgan fingerprint density at radius 1 is 1.15 bits per heavy atom. The number of carbonyl (C=O) groups excluding carboxylic acids is 1. The maximum absolute atomic E-state index is 12.3. The Morgan fingerprint density at radius 3 is 2.52 bits per heavy atom. The number of benzene rings is 1. The van der Waals surface area contributed by atoms with Gasteiger partial charge in [0.05, 0.1) is 16.1 Å². The van der Waals surface area contributed by atoms with E-state index in [9.17, 15) is 13.2 Å². The number of anilines is 1. The SMILES string of the molecule is NS(=O)(=O)c1ccc(CCNc2cncc(C(=O)NC3CCCC3)c2)cc1. The van der Waals surface area contributed by atoms with Crippen LogP contribution in [-0.4, -0.2) is 31.9 Å². The molecule has 144 valence electrons. The molecule has 1 aromatic heterocycles. The van der Waals surface area contributed by atoms with Crippen LogP contribution in [0.25, 0.3) is 0 Å². The van der Waals surface area contributed by atoms with Gasteiger partial charge >= 0.3 is 0 Å². The molecule has 1 aliphatic rings. The molecular formula is C19H24N4O3S. The van der Waals surface area contributed by atoms with Crippen molar-refractivity contribution in [1.29, 1.82) is 0 Å². The lowest BCUT2D eigenvalue weighted by Gasteiger charge is -2.12. The number of aromatic nitrogens is 1. The fraction of sp³-hybridized carbons (Fsp3) is 0.368. The van der Waals surface area contributed by atoms with Crippen molar-refractivity contribution in [3.8, 4) is 0 Å². The standard InChI is InChI=1S/C19H24N4O3S/c20-27(25,26)18-7-5-14(6-8-18)9-10-22-17-11-15(12-21-13-17)19(24)23-16-3-1-2-4-16/h5-8,11-13,16,22H,1-4,9-10H2,(H,23,24)(H2,20,25,26). The van der Waals surface area contributed by atoms with Crippen LogP contribution in [0.1, 0.15) is 41.6 Å². The molecule has 0 saturated heterocycles. The van der Waals surface area contributed by atoms with E-state index in [1.165, 1.54) is 25.0 Å². The first-order chi connectivity index (χ1) is 12.9. The fourth-order valence-electron chi connectivity index (χ4n) is 3.20. The summed E-state index contributed by atoms with van der Waals surface area (Å²) in [6, 6.07) is 8.55. The van der Waals surface area contributed by atoms with Gasteiger partial charge in [-0.1, -0.05) is 25.0 Å². The van der Waals surface area contributed by atoms with Crippen LogP contribution in [0.5, 0.6) is 0 Å². The lowest BCUT2D eigenvalue weighted by Crippen LogP contribution is -2.32. The van der Waals surface area contributed by atoms with Gasteiger partial charge in [-0.05, 0) is 43.0 Å². The predicted octanol–water partition coefficient (Wildman–Crippen LogP) is 2.06. The van der Waals surface area contributed by atoms with Crippen LogP contribution in [0.2, 0.25) is 0 Å². The number of amides is 1. The van der Waals surface area contributed by atoms with Gasteiger partial charge in [0, 0.05) is 25.0 Å². The molecule has 0 spiro atoms. The second-order valence-corrected chi connectivity index (χ2v) is 8.34. The first-order valence-corrected chi connectivity index (χ1v) is 10.6. The van der Waals surface area contributed by atoms with Gasteiger partial charge in [-0.25, -0.2) is 13.6 Å². The topological polar surface area (TPSA) is 114 Å². The molecular weight excluding hydrogens is 364 g/mol. The van der Waals surface area contributed by atoms with E-state index in [2.05, 4.69) is 15.6 Å². The third-order valence-electron chi connectivity index (χ3n) is 4.69. The van der Waals surface area contributed by atoms with Crippen LogP contribution >= 0.6 is 0 Å². The van der Waals surface area contributed by atoms with Crippen LogP contribution in [-0.2, 0) is 16.4 Å². The van der Waals surface area contributed by atoms with Crippen molar-refractivity contribution in [2.24, 2.45) is 5.14 Å². The van der Waals surface area contributed by atoms with Crippen LogP contribution in [0, 0.1) is 0 Å². The average Bonchev–Trinajstić information content (AvgIpc) is 3.15. The Morgan fingerprint density at radius 2 is 1.85 bits per heavy atom. The molecule has 0 unspecified atom stereocenters. The van der Waals surface area contributed by atoms with E-state index in [-0.39, 0.29) is 16.8 Å². The largest absolute Gasteiger partial charge is 0.383 e. The first kappa shape index (κ1) is 19.3. The fourth-order valence-corrected chi connectivity index (χ4v) is 3.71. The van der Waals surface area contributed by atoms with E-state index in [1.807, 2.05) is 0 Å². The summed E-state index contributed by atoms with van der Waals surface area (Å²) in [5, 5.41) is 11.4. The van der Waals surface area contributed by atoms with Crippen molar-refractivity contribution >= 4 is 21.6 Å². The number of primary sulfonamides is 1. The number of nitrogens with zero attached hydrogens (tertiary/aromatic N) is 1. The molecule has 0 aliphatic heterocycles. The minimum absolute atomic E-state index is 0.0865. The van der Waals surface area contributed by atoms with Crippen molar-refractivity contribution < 1.29 is 13.2 Å². The number of hydrogen-bond acceptors (Lipinski definition) is 5. The molecule has 7 nitrogen and oxygen atoms in total. The number of pyridine rings is 1. The Labute approximate surface area is 159 Å². The summed E-state index contributed by atoms with van der Waals surface area (Å²) in [6.07, 6.45) is 8.37. The number of sulfonamides is 1. The number of nitrogens with two attached hydrogens (primary N) is 1. The van der Waals surface area contributed by atoms with Crippen molar-refractivity contribution in [3.63, 3.8) is 0 Å². The zero-order valence-corrected chi connectivity index (χ0v) is 15.8. The van der Waals surface area contributed by atoms with Crippen molar-refractivity contribution in [1.82, 2.24) is 10.3 Å². The van der Waals surface area contributed by atoms with Gasteiger partial charge in [0.2, 0.25) is 10.0 Å². The van der Waals surface area contributed by atoms with Crippen LogP contribution in [0.3, 0.4) is 0 Å². The molecule has 3 rings (SSSR count). The van der Waals surface area contributed by atoms with Crippen LogP contribution < -0.4 is 15.8 Å². The van der Waals surface area contributed by atoms with E-state index in [0.717, 1.165) is 24.1 Å². The van der Waals surface area contributed by atoms with Gasteiger partial charge in [0.15, 0.2) is 0 Å². The molecule has 1 amide bonds. The molecule has 8 heteroatoms. The lowest BCUT2D eigenvalue weighted by molar-refractivity contribution is 0.0937. The second-order valence-electron chi connectivity index (χ2n) is 6.78. The second kappa shape index (κ2) is 8.49. The zero-order valence-electron chi connectivity index (χ0n) is 15.0. The smallest absolute Gasteiger partial charge is 0.253 e. The number of nitrogens with one attached hydrogen (secondary N) is 2. The van der Waals surface area contributed by atoms with E-state index in [1.54, 1.807) is 30.6 Å². The van der Waals surface area contributed by atoms with Crippen molar-refractivity contribution in [2.75, 3.05) is 11.9 Å². The summed E-state index contributed by atoms with van der Waals surface area (Å²) >= 11 is 0. The summed E-state index contributed by atoms with van der Waals surface area (Å²) in [4.78, 5) is 16.6. The maximum Gasteiger partial charge on any atom is 0.253 e. The average molecular weight is 388 g/mol. The van der Waals surface area contributed by atoms with Gasteiger partial charge in [-0.15, -0.1) is 0 Å². The number of hydrogen-bond donors (Lipinski definition) is 3. The molecule has 27 heavy (non-hydrogen) atoms. The normalized spacial score (nSPS) is 14.9.